The van der Waals surface area contributed by atoms with E-state index in [1.807, 2.05) is 36.6 Å². The highest BCUT2D eigenvalue weighted by Gasteiger charge is 2.34. The minimum Gasteiger partial charge on any atom is -0.467 e. The summed E-state index contributed by atoms with van der Waals surface area (Å²) in [4.78, 5) is 48.2. The molecule has 2 atom stereocenters. The summed E-state index contributed by atoms with van der Waals surface area (Å²) >= 11 is 1.55. The lowest BCUT2D eigenvalue weighted by atomic mass is 10.0. The van der Waals surface area contributed by atoms with Gasteiger partial charge in [0.15, 0.2) is 0 Å². The molecule has 9 heteroatoms. The van der Waals surface area contributed by atoms with E-state index in [4.69, 9.17) is 4.74 Å². The first-order valence-corrected chi connectivity index (χ1v) is 10.6. The highest BCUT2D eigenvalue weighted by atomic mass is 32.2. The van der Waals surface area contributed by atoms with E-state index in [-0.39, 0.29) is 6.42 Å². The molecule has 3 N–H and O–H groups in total. The second kappa shape index (κ2) is 12.1. The standard InChI is InChI=1S/C20H29N3O5S/c1-20(2,23-17(25)15(21-13-24)10-11-29-4)19(27)22-16(18(26)28-3)12-14-8-6-5-7-9-14/h5-9,13,15-16H,10-12H2,1-4H3,(H,21,24)(H,22,27)(H,23,25)/t15-,16-/m0/s1. The molecule has 0 saturated carbocycles. The number of ether oxygens (including phenoxy) is 1. The number of benzene rings is 1. The van der Waals surface area contributed by atoms with E-state index in [1.54, 1.807) is 11.8 Å². The van der Waals surface area contributed by atoms with E-state index in [0.29, 0.717) is 18.6 Å². The molecule has 1 aromatic rings. The Hall–Kier alpha value is -2.55. The summed E-state index contributed by atoms with van der Waals surface area (Å²) in [5.74, 6) is -0.909. The maximum absolute atomic E-state index is 12.8. The zero-order valence-corrected chi connectivity index (χ0v) is 18.0. The largest absolute Gasteiger partial charge is 0.467 e. The summed E-state index contributed by atoms with van der Waals surface area (Å²) in [7, 11) is 1.25. The van der Waals surface area contributed by atoms with Crippen molar-refractivity contribution in [2.24, 2.45) is 0 Å². The molecule has 160 valence electrons. The van der Waals surface area contributed by atoms with Crippen molar-refractivity contribution in [2.75, 3.05) is 19.1 Å². The molecule has 1 rings (SSSR count). The van der Waals surface area contributed by atoms with E-state index in [1.165, 1.54) is 21.0 Å². The maximum Gasteiger partial charge on any atom is 0.328 e. The lowest BCUT2D eigenvalue weighted by Crippen LogP contribution is -2.61. The van der Waals surface area contributed by atoms with E-state index >= 15 is 0 Å². The molecule has 1 aromatic carbocycles. The Morgan fingerprint density at radius 1 is 1.17 bits per heavy atom. The minimum absolute atomic E-state index is 0.256. The lowest BCUT2D eigenvalue weighted by molar-refractivity contribution is -0.146. The van der Waals surface area contributed by atoms with Gasteiger partial charge in [0.05, 0.1) is 7.11 Å². The molecule has 0 fully saturated rings. The summed E-state index contributed by atoms with van der Waals surface area (Å²) in [5, 5.41) is 7.76. The van der Waals surface area contributed by atoms with E-state index < -0.39 is 35.4 Å². The predicted molar refractivity (Wildman–Crippen MR) is 112 cm³/mol. The third kappa shape index (κ3) is 8.15. The SMILES string of the molecule is COC(=O)[C@H](Cc1ccccc1)NC(=O)C(C)(C)NC(=O)[C@H](CCSC)NC=O. The molecule has 0 heterocycles. The predicted octanol–water partition coefficient (Wildman–Crippen LogP) is 0.649. The van der Waals surface area contributed by atoms with E-state index in [9.17, 15) is 19.2 Å². The summed E-state index contributed by atoms with van der Waals surface area (Å²) in [6.07, 6.45) is 3.05. The molecule has 0 spiro atoms. The van der Waals surface area contributed by atoms with Crippen molar-refractivity contribution in [3.63, 3.8) is 0 Å². The van der Waals surface area contributed by atoms with Crippen molar-refractivity contribution < 1.29 is 23.9 Å². The van der Waals surface area contributed by atoms with Crippen molar-refractivity contribution in [3.05, 3.63) is 35.9 Å². The number of nitrogens with one attached hydrogen (secondary N) is 3. The van der Waals surface area contributed by atoms with Crippen LogP contribution in [0, 0.1) is 0 Å². The Morgan fingerprint density at radius 2 is 1.83 bits per heavy atom. The first-order chi connectivity index (χ1) is 13.7. The van der Waals surface area contributed by atoms with Crippen LogP contribution >= 0.6 is 11.8 Å². The van der Waals surface area contributed by atoms with Gasteiger partial charge in [-0.2, -0.15) is 11.8 Å². The van der Waals surface area contributed by atoms with Gasteiger partial charge in [0.25, 0.3) is 0 Å². The van der Waals surface area contributed by atoms with Crippen LogP contribution in [0.5, 0.6) is 0 Å². The molecule has 0 aliphatic rings. The molecular weight excluding hydrogens is 394 g/mol. The van der Waals surface area contributed by atoms with Gasteiger partial charge >= 0.3 is 5.97 Å². The molecule has 0 radical (unpaired) electrons. The number of methoxy groups -OCH3 is 1. The van der Waals surface area contributed by atoms with Gasteiger partial charge in [0.2, 0.25) is 18.2 Å². The van der Waals surface area contributed by atoms with Crippen LogP contribution in [0.15, 0.2) is 30.3 Å². The number of hydrogen-bond acceptors (Lipinski definition) is 6. The zero-order valence-electron chi connectivity index (χ0n) is 17.2. The number of carbonyl (C=O) groups excluding carboxylic acids is 4. The fraction of sp³-hybridized carbons (Fsp3) is 0.500. The Labute approximate surface area is 175 Å². The second-order valence-corrected chi connectivity index (χ2v) is 7.96. The number of esters is 1. The van der Waals surface area contributed by atoms with E-state index in [0.717, 1.165) is 5.56 Å². The first-order valence-electron chi connectivity index (χ1n) is 9.18. The highest BCUT2D eigenvalue weighted by Crippen LogP contribution is 2.09. The fourth-order valence-electron chi connectivity index (χ4n) is 2.58. The molecule has 0 aromatic heterocycles. The molecular formula is C20H29N3O5S. The van der Waals surface area contributed by atoms with E-state index in [2.05, 4.69) is 16.0 Å². The second-order valence-electron chi connectivity index (χ2n) is 6.97. The quantitative estimate of drug-likeness (QED) is 0.336. The van der Waals surface area contributed by atoms with Crippen LogP contribution in [0.4, 0.5) is 0 Å². The number of rotatable bonds is 12. The van der Waals surface area contributed by atoms with Crippen molar-refractivity contribution in [1.82, 2.24) is 16.0 Å². The van der Waals surface area contributed by atoms with Crippen LogP contribution in [0.3, 0.4) is 0 Å². The van der Waals surface area contributed by atoms with Gasteiger partial charge < -0.3 is 20.7 Å². The normalized spacial score (nSPS) is 13.0. The van der Waals surface area contributed by atoms with Crippen molar-refractivity contribution in [3.8, 4) is 0 Å². The third-order valence-corrected chi connectivity index (χ3v) is 4.92. The maximum atomic E-state index is 12.8. The summed E-state index contributed by atoms with van der Waals surface area (Å²) in [6, 6.07) is 7.58. The third-order valence-electron chi connectivity index (χ3n) is 4.27. The highest BCUT2D eigenvalue weighted by molar-refractivity contribution is 7.98. The Balaban J connectivity index is 2.84. The number of thioether (sulfide) groups is 1. The van der Waals surface area contributed by atoms with Gasteiger partial charge in [0.1, 0.15) is 17.6 Å². The molecule has 0 saturated heterocycles. The topological polar surface area (TPSA) is 114 Å². The van der Waals surface area contributed by atoms with Gasteiger partial charge in [-0.15, -0.1) is 0 Å². The number of amides is 3. The fourth-order valence-corrected chi connectivity index (χ4v) is 3.06. The van der Waals surface area contributed by atoms with Gasteiger partial charge in [0, 0.05) is 6.42 Å². The van der Waals surface area contributed by atoms with Crippen LogP contribution < -0.4 is 16.0 Å². The first kappa shape index (κ1) is 24.5. The molecule has 0 aliphatic carbocycles. The van der Waals surface area contributed by atoms with Gasteiger partial charge in [-0.05, 0) is 37.8 Å². The van der Waals surface area contributed by atoms with Gasteiger partial charge in [-0.3, -0.25) is 14.4 Å². The van der Waals surface area contributed by atoms with Crippen LogP contribution in [0.1, 0.15) is 25.8 Å². The molecule has 0 unspecified atom stereocenters. The van der Waals surface area contributed by atoms with Crippen LogP contribution in [-0.2, 0) is 30.3 Å². The number of hydrogen-bond donors (Lipinski definition) is 3. The summed E-state index contributed by atoms with van der Waals surface area (Å²) < 4.78 is 4.80. The van der Waals surface area contributed by atoms with Crippen LogP contribution in [0.25, 0.3) is 0 Å². The Bertz CT molecular complexity index is 697. The van der Waals surface area contributed by atoms with Gasteiger partial charge in [-0.25, -0.2) is 4.79 Å². The van der Waals surface area contributed by atoms with Crippen molar-refractivity contribution in [1.29, 1.82) is 0 Å². The lowest BCUT2D eigenvalue weighted by Gasteiger charge is -2.29. The Morgan fingerprint density at radius 3 is 2.38 bits per heavy atom. The summed E-state index contributed by atoms with van der Waals surface area (Å²) in [6.45, 7) is 3.06. The molecule has 0 bridgehead atoms. The zero-order chi connectivity index (χ0) is 21.9. The monoisotopic (exact) mass is 423 g/mol. The van der Waals surface area contributed by atoms with Crippen LogP contribution in [0.2, 0.25) is 0 Å². The van der Waals surface area contributed by atoms with Crippen molar-refractivity contribution in [2.45, 2.75) is 44.3 Å². The molecule has 8 nitrogen and oxygen atoms in total. The average Bonchev–Trinajstić information content (AvgIpc) is 2.70. The molecule has 29 heavy (non-hydrogen) atoms. The Kier molecular flexibility index (Phi) is 10.2. The molecule has 3 amide bonds. The minimum atomic E-state index is -1.30. The van der Waals surface area contributed by atoms with Crippen molar-refractivity contribution >= 4 is 36.0 Å². The van der Waals surface area contributed by atoms with Gasteiger partial charge in [-0.1, -0.05) is 30.3 Å². The smallest absolute Gasteiger partial charge is 0.328 e. The average molecular weight is 424 g/mol. The number of carbonyl (C=O) groups is 4. The molecule has 0 aliphatic heterocycles. The summed E-state index contributed by atoms with van der Waals surface area (Å²) in [5.41, 5.74) is -0.445. The van der Waals surface area contributed by atoms with Crippen LogP contribution in [-0.4, -0.2) is 60.9 Å².